The summed E-state index contributed by atoms with van der Waals surface area (Å²) < 4.78 is 0. The van der Waals surface area contributed by atoms with Gasteiger partial charge in [-0.05, 0) is 32.3 Å². The number of hydrogen-bond donors (Lipinski definition) is 3. The minimum Gasteiger partial charge on any atom is -0.369 e. The molecule has 9 heteroatoms. The van der Waals surface area contributed by atoms with Gasteiger partial charge in [-0.15, -0.1) is 0 Å². The molecule has 3 rings (SSSR count). The topological polar surface area (TPSA) is 116 Å². The van der Waals surface area contributed by atoms with Crippen LogP contribution in [0.4, 0.5) is 5.82 Å². The Labute approximate surface area is 184 Å². The maximum atomic E-state index is 11.9. The van der Waals surface area contributed by atoms with E-state index < -0.39 is 0 Å². The van der Waals surface area contributed by atoms with Gasteiger partial charge in [0.25, 0.3) is 0 Å². The molecule has 1 aromatic rings. The minimum atomic E-state index is -0.210. The molecule has 1 atom stereocenters. The van der Waals surface area contributed by atoms with Crippen molar-refractivity contribution < 1.29 is 9.59 Å². The first kappa shape index (κ1) is 22.8. The largest absolute Gasteiger partial charge is 0.369 e. The number of carbonyl (C=O) groups is 2. The van der Waals surface area contributed by atoms with E-state index in [1.807, 2.05) is 30.9 Å². The smallest absolute Gasteiger partial charge is 0.222 e. The number of piperidine rings is 1. The molecule has 2 aliphatic rings. The summed E-state index contributed by atoms with van der Waals surface area (Å²) in [7, 11) is 0. The molecule has 0 spiro atoms. The van der Waals surface area contributed by atoms with Crippen LogP contribution in [0.3, 0.4) is 0 Å². The van der Waals surface area contributed by atoms with Crippen LogP contribution in [0.2, 0.25) is 0 Å². The Kier molecular flexibility index (Phi) is 8.08. The maximum Gasteiger partial charge on any atom is 0.222 e. The van der Waals surface area contributed by atoms with E-state index in [1.54, 1.807) is 6.20 Å². The maximum absolute atomic E-state index is 11.9. The van der Waals surface area contributed by atoms with Crippen molar-refractivity contribution in [1.29, 1.82) is 0 Å². The summed E-state index contributed by atoms with van der Waals surface area (Å²) in [4.78, 5) is 36.9. The lowest BCUT2D eigenvalue weighted by Gasteiger charge is -2.32. The first-order chi connectivity index (χ1) is 15.0. The Morgan fingerprint density at radius 3 is 2.68 bits per heavy atom. The zero-order valence-electron chi connectivity index (χ0n) is 18.6. The van der Waals surface area contributed by atoms with Crippen molar-refractivity contribution in [2.24, 2.45) is 16.6 Å². The number of rotatable bonds is 7. The molecule has 1 aromatic heterocycles. The number of aromatic nitrogens is 1. The Balaban J connectivity index is 1.64. The molecule has 1 unspecified atom stereocenters. The van der Waals surface area contributed by atoms with Crippen LogP contribution in [0.25, 0.3) is 0 Å². The molecule has 0 aliphatic carbocycles. The van der Waals surface area contributed by atoms with Crippen LogP contribution in [0.1, 0.15) is 45.1 Å². The van der Waals surface area contributed by atoms with Crippen LogP contribution in [-0.2, 0) is 16.1 Å². The normalized spacial score (nSPS) is 20.1. The fourth-order valence-electron chi connectivity index (χ4n) is 4.22. The number of primary amides is 1. The monoisotopic (exact) mass is 429 g/mol. The molecule has 2 fully saturated rings. The van der Waals surface area contributed by atoms with Gasteiger partial charge in [-0.3, -0.25) is 9.59 Å². The Bertz CT molecular complexity index is 790. The highest BCUT2D eigenvalue weighted by atomic mass is 16.2. The molecule has 3 heterocycles. The second-order valence-electron chi connectivity index (χ2n) is 8.17. The zero-order chi connectivity index (χ0) is 22.2. The Morgan fingerprint density at radius 2 is 2.00 bits per heavy atom. The Morgan fingerprint density at radius 1 is 1.23 bits per heavy atom. The molecule has 31 heavy (non-hydrogen) atoms. The number of aliphatic imine (C=N–C) groups is 1. The number of anilines is 1. The summed E-state index contributed by atoms with van der Waals surface area (Å²) in [6.45, 7) is 8.23. The number of hydrogen-bond acceptors (Lipinski definition) is 5. The van der Waals surface area contributed by atoms with Crippen molar-refractivity contribution in [1.82, 2.24) is 20.5 Å². The van der Waals surface area contributed by atoms with Crippen LogP contribution in [0, 0.1) is 5.92 Å². The van der Waals surface area contributed by atoms with E-state index in [9.17, 15) is 9.59 Å². The quantitative estimate of drug-likeness (QED) is 0.437. The summed E-state index contributed by atoms with van der Waals surface area (Å²) in [5, 5.41) is 6.78. The number of likely N-dealkylation sites (tertiary alicyclic amines) is 1. The summed E-state index contributed by atoms with van der Waals surface area (Å²) >= 11 is 0. The molecule has 170 valence electrons. The first-order valence-electron chi connectivity index (χ1n) is 11.3. The van der Waals surface area contributed by atoms with Gasteiger partial charge in [0.1, 0.15) is 5.82 Å². The van der Waals surface area contributed by atoms with E-state index in [0.717, 1.165) is 62.8 Å². The van der Waals surface area contributed by atoms with Gasteiger partial charge in [0.15, 0.2) is 5.96 Å². The number of guanidine groups is 1. The van der Waals surface area contributed by atoms with Gasteiger partial charge in [-0.1, -0.05) is 13.0 Å². The molecular formula is C22H35N7O2. The molecule has 4 N–H and O–H groups in total. The predicted octanol–water partition coefficient (Wildman–Crippen LogP) is 0.849. The standard InChI is InChI=1S/C22H35N7O2/c1-3-19(30)29-13-9-18(15-29)27-22(24-4-2)26-14-17-6-5-10-25-21(17)28-11-7-16(8-12-28)20(23)31/h5-6,10,16,18H,3-4,7-9,11-15H2,1-2H3,(H2,23,31)(H2,24,26,27). The molecule has 9 nitrogen and oxygen atoms in total. The second kappa shape index (κ2) is 11.0. The second-order valence-corrected chi connectivity index (χ2v) is 8.17. The van der Waals surface area contributed by atoms with Gasteiger partial charge < -0.3 is 26.2 Å². The van der Waals surface area contributed by atoms with Gasteiger partial charge >= 0.3 is 0 Å². The lowest BCUT2D eigenvalue weighted by molar-refractivity contribution is -0.129. The molecule has 0 aromatic carbocycles. The third-order valence-electron chi connectivity index (χ3n) is 6.00. The number of nitrogens with one attached hydrogen (secondary N) is 2. The van der Waals surface area contributed by atoms with Crippen molar-refractivity contribution in [2.75, 3.05) is 37.6 Å². The minimum absolute atomic E-state index is 0.0449. The van der Waals surface area contributed by atoms with Crippen molar-refractivity contribution in [3.63, 3.8) is 0 Å². The van der Waals surface area contributed by atoms with Crippen LogP contribution in [0.5, 0.6) is 0 Å². The van der Waals surface area contributed by atoms with Crippen LogP contribution < -0.4 is 21.3 Å². The fraction of sp³-hybridized carbons (Fsp3) is 0.636. The molecule has 0 bridgehead atoms. The predicted molar refractivity (Wildman–Crippen MR) is 122 cm³/mol. The van der Waals surface area contributed by atoms with Crippen molar-refractivity contribution in [3.05, 3.63) is 23.9 Å². The van der Waals surface area contributed by atoms with E-state index >= 15 is 0 Å². The summed E-state index contributed by atoms with van der Waals surface area (Å²) in [5.41, 5.74) is 6.51. The van der Waals surface area contributed by atoms with Crippen molar-refractivity contribution in [2.45, 2.75) is 52.1 Å². The van der Waals surface area contributed by atoms with Crippen LogP contribution in [-0.4, -0.2) is 66.4 Å². The average molecular weight is 430 g/mol. The number of nitrogens with two attached hydrogens (primary N) is 1. The van der Waals surface area contributed by atoms with Gasteiger partial charge in [-0.25, -0.2) is 9.98 Å². The highest BCUT2D eigenvalue weighted by molar-refractivity contribution is 5.81. The third-order valence-corrected chi connectivity index (χ3v) is 6.00. The van der Waals surface area contributed by atoms with E-state index in [-0.39, 0.29) is 23.8 Å². The van der Waals surface area contributed by atoms with E-state index in [4.69, 9.17) is 10.7 Å². The zero-order valence-corrected chi connectivity index (χ0v) is 18.6. The fourth-order valence-corrected chi connectivity index (χ4v) is 4.22. The molecule has 0 saturated carbocycles. The average Bonchev–Trinajstić information content (AvgIpc) is 3.26. The number of nitrogens with zero attached hydrogens (tertiary/aromatic N) is 4. The van der Waals surface area contributed by atoms with Gasteiger partial charge in [-0.2, -0.15) is 0 Å². The van der Waals surface area contributed by atoms with Gasteiger partial charge in [0, 0.05) is 62.9 Å². The van der Waals surface area contributed by atoms with Crippen molar-refractivity contribution >= 4 is 23.6 Å². The van der Waals surface area contributed by atoms with Crippen LogP contribution in [0.15, 0.2) is 23.3 Å². The van der Waals surface area contributed by atoms with Crippen molar-refractivity contribution in [3.8, 4) is 0 Å². The molecule has 0 radical (unpaired) electrons. The van der Waals surface area contributed by atoms with E-state index in [1.165, 1.54) is 0 Å². The first-order valence-corrected chi connectivity index (χ1v) is 11.3. The van der Waals surface area contributed by atoms with Gasteiger partial charge in [0.2, 0.25) is 11.8 Å². The Hall–Kier alpha value is -2.84. The SMILES string of the molecule is CCNC(=NCc1cccnc1N1CCC(C(N)=O)CC1)NC1CCN(C(=O)CC)C1. The van der Waals surface area contributed by atoms with E-state index in [2.05, 4.69) is 20.5 Å². The third kappa shape index (κ3) is 6.08. The lowest BCUT2D eigenvalue weighted by atomic mass is 9.96. The highest BCUT2D eigenvalue weighted by Gasteiger charge is 2.26. The molecular weight excluding hydrogens is 394 g/mol. The van der Waals surface area contributed by atoms with Crippen LogP contribution >= 0.6 is 0 Å². The lowest BCUT2D eigenvalue weighted by Crippen LogP contribution is -2.45. The number of pyridine rings is 1. The van der Waals surface area contributed by atoms with Gasteiger partial charge in [0.05, 0.1) is 6.54 Å². The molecule has 2 saturated heterocycles. The molecule has 2 aliphatic heterocycles. The van der Waals surface area contributed by atoms with E-state index in [0.29, 0.717) is 19.5 Å². The summed E-state index contributed by atoms with van der Waals surface area (Å²) in [6, 6.07) is 4.18. The highest BCUT2D eigenvalue weighted by Crippen LogP contribution is 2.25. The summed E-state index contributed by atoms with van der Waals surface area (Å²) in [5.74, 6) is 1.62. The molecule has 2 amide bonds. The number of carbonyl (C=O) groups excluding carboxylic acids is 2. The number of amides is 2. The summed E-state index contributed by atoms with van der Waals surface area (Å²) in [6.07, 6.45) is 4.77.